The van der Waals surface area contributed by atoms with Gasteiger partial charge in [-0.1, -0.05) is 38.0 Å². The molecule has 7 nitrogen and oxygen atoms in total. The molecule has 0 aliphatic heterocycles. The molecule has 0 atom stereocenters. The van der Waals surface area contributed by atoms with E-state index in [2.05, 4.69) is 45.8 Å². The third kappa shape index (κ3) is 7.32. The van der Waals surface area contributed by atoms with Gasteiger partial charge in [0.05, 0.1) is 27.7 Å². The Labute approximate surface area is 219 Å². The highest BCUT2D eigenvalue weighted by molar-refractivity contribution is 7.12. The minimum absolute atomic E-state index is 0.279. The first-order valence-electron chi connectivity index (χ1n) is 11.9. The van der Waals surface area contributed by atoms with Gasteiger partial charge in [-0.15, -0.1) is 11.3 Å². The molecule has 0 bridgehead atoms. The van der Waals surface area contributed by atoms with Crippen LogP contribution in [0.4, 0.5) is 0 Å². The summed E-state index contributed by atoms with van der Waals surface area (Å²) in [6.07, 6.45) is 9.24. The Morgan fingerprint density at radius 3 is 2.24 bits per heavy atom. The quantitative estimate of drug-likeness (QED) is 0.141. The van der Waals surface area contributed by atoms with Crippen LogP contribution in [0.1, 0.15) is 47.9 Å². The van der Waals surface area contributed by atoms with E-state index in [1.54, 1.807) is 41.8 Å². The second-order valence-corrected chi connectivity index (χ2v) is 9.30. The summed E-state index contributed by atoms with van der Waals surface area (Å²) in [6, 6.07) is 14.2. The lowest BCUT2D eigenvalue weighted by Gasteiger charge is -2.08. The van der Waals surface area contributed by atoms with Crippen molar-refractivity contribution in [3.63, 3.8) is 0 Å². The first-order chi connectivity index (χ1) is 18.2. The zero-order valence-corrected chi connectivity index (χ0v) is 21.2. The number of rotatable bonds is 11. The van der Waals surface area contributed by atoms with E-state index in [4.69, 9.17) is 9.47 Å². The van der Waals surface area contributed by atoms with Crippen LogP contribution in [0.2, 0.25) is 0 Å². The first-order valence-corrected chi connectivity index (χ1v) is 12.8. The van der Waals surface area contributed by atoms with E-state index < -0.39 is 0 Å². The van der Waals surface area contributed by atoms with Crippen LogP contribution in [0.15, 0.2) is 60.9 Å². The summed E-state index contributed by atoms with van der Waals surface area (Å²) in [7, 11) is 0. The van der Waals surface area contributed by atoms with E-state index in [0.29, 0.717) is 41.5 Å². The third-order valence-electron chi connectivity index (χ3n) is 5.45. The Kier molecular flexibility index (Phi) is 9.11. The maximum atomic E-state index is 11.0. The summed E-state index contributed by atoms with van der Waals surface area (Å²) >= 11 is 1.73. The molecule has 0 aliphatic rings. The van der Waals surface area contributed by atoms with Gasteiger partial charge >= 0.3 is 0 Å². The maximum Gasteiger partial charge on any atom is 0.298 e. The number of carbonyl (C=O) groups excluding carboxylic acids is 2. The Bertz CT molecular complexity index is 1440. The standard InChI is InChI=1S/C29H25N3O4S/c1-2-3-4-5-6-24-9-10-25(37-24)8-7-21-11-13-30-26(15-21)28-17-23(36-20-34)18-29(32-28)27-16-22(35-19-33)12-14-31-27/h9-20H,2-6H2,1H3. The van der Waals surface area contributed by atoms with E-state index >= 15 is 0 Å². The monoisotopic (exact) mass is 511 g/mol. The number of thiophene rings is 1. The van der Waals surface area contributed by atoms with Crippen molar-refractivity contribution in [3.8, 4) is 46.1 Å². The van der Waals surface area contributed by atoms with Crippen molar-refractivity contribution < 1.29 is 19.1 Å². The summed E-state index contributed by atoms with van der Waals surface area (Å²) in [5.41, 5.74) is 2.69. The van der Waals surface area contributed by atoms with Crippen LogP contribution in [0.25, 0.3) is 22.8 Å². The molecule has 4 aromatic rings. The molecular formula is C29H25N3O4S. The van der Waals surface area contributed by atoms with Gasteiger partial charge in [0.1, 0.15) is 11.5 Å². The van der Waals surface area contributed by atoms with Gasteiger partial charge < -0.3 is 9.47 Å². The Morgan fingerprint density at radius 2 is 1.49 bits per heavy atom. The molecule has 4 heterocycles. The minimum Gasteiger partial charge on any atom is -0.429 e. The van der Waals surface area contributed by atoms with E-state index in [1.807, 2.05) is 12.1 Å². The van der Waals surface area contributed by atoms with Crippen LogP contribution in [-0.4, -0.2) is 27.9 Å². The highest BCUT2D eigenvalue weighted by Gasteiger charge is 2.11. The molecule has 4 aromatic heterocycles. The number of ether oxygens (including phenoxy) is 2. The highest BCUT2D eigenvalue weighted by Crippen LogP contribution is 2.28. The fourth-order valence-corrected chi connectivity index (χ4v) is 4.56. The molecule has 0 N–H and O–H groups in total. The molecule has 8 heteroatoms. The Morgan fingerprint density at radius 1 is 0.784 bits per heavy atom. The van der Waals surface area contributed by atoms with Gasteiger partial charge in [0.2, 0.25) is 0 Å². The summed E-state index contributed by atoms with van der Waals surface area (Å²) in [5.74, 6) is 7.05. The van der Waals surface area contributed by atoms with Gasteiger partial charge in [0.25, 0.3) is 12.9 Å². The van der Waals surface area contributed by atoms with Crippen LogP contribution >= 0.6 is 11.3 Å². The van der Waals surface area contributed by atoms with Crippen LogP contribution in [0.5, 0.6) is 11.5 Å². The van der Waals surface area contributed by atoms with Gasteiger partial charge in [0, 0.05) is 41.0 Å². The summed E-state index contributed by atoms with van der Waals surface area (Å²) in [4.78, 5) is 37.5. The lowest BCUT2D eigenvalue weighted by Crippen LogP contribution is -1.97. The molecule has 186 valence electrons. The number of aromatic nitrogens is 3. The Balaban J connectivity index is 1.58. The molecule has 0 radical (unpaired) electrons. The van der Waals surface area contributed by atoms with Gasteiger partial charge in [-0.05, 0) is 43.2 Å². The lowest BCUT2D eigenvalue weighted by atomic mass is 10.1. The molecular weight excluding hydrogens is 486 g/mol. The van der Waals surface area contributed by atoms with Crippen LogP contribution in [0, 0.1) is 11.8 Å². The molecule has 0 saturated carbocycles. The number of carbonyl (C=O) groups is 2. The molecule has 0 aromatic carbocycles. The number of hydrogen-bond acceptors (Lipinski definition) is 8. The summed E-state index contributed by atoms with van der Waals surface area (Å²) < 4.78 is 10.0. The molecule has 0 saturated heterocycles. The van der Waals surface area contributed by atoms with E-state index in [1.165, 1.54) is 36.8 Å². The zero-order valence-electron chi connectivity index (χ0n) is 20.3. The maximum absolute atomic E-state index is 11.0. The van der Waals surface area contributed by atoms with Crippen molar-refractivity contribution in [2.45, 2.75) is 39.0 Å². The summed E-state index contributed by atoms with van der Waals surface area (Å²) in [5, 5.41) is 0. The average Bonchev–Trinajstić information content (AvgIpc) is 3.38. The fourth-order valence-electron chi connectivity index (χ4n) is 3.66. The molecule has 0 aliphatic carbocycles. The number of nitrogens with zero attached hydrogens (tertiary/aromatic N) is 3. The summed E-state index contributed by atoms with van der Waals surface area (Å²) in [6.45, 7) is 2.90. The number of pyridine rings is 3. The number of aryl methyl sites for hydroxylation is 1. The van der Waals surface area contributed by atoms with Crippen molar-refractivity contribution >= 4 is 24.3 Å². The second-order valence-electron chi connectivity index (χ2n) is 8.13. The van der Waals surface area contributed by atoms with E-state index in [-0.39, 0.29) is 5.75 Å². The van der Waals surface area contributed by atoms with Crippen LogP contribution < -0.4 is 9.47 Å². The second kappa shape index (κ2) is 13.1. The van der Waals surface area contributed by atoms with Gasteiger partial charge in [-0.25, -0.2) is 4.98 Å². The van der Waals surface area contributed by atoms with Gasteiger partial charge in [-0.2, -0.15) is 0 Å². The third-order valence-corrected chi connectivity index (χ3v) is 6.51. The smallest absolute Gasteiger partial charge is 0.298 e. The molecule has 37 heavy (non-hydrogen) atoms. The van der Waals surface area contributed by atoms with Crippen molar-refractivity contribution in [3.05, 3.63) is 76.2 Å². The van der Waals surface area contributed by atoms with Crippen molar-refractivity contribution in [2.75, 3.05) is 0 Å². The molecule has 0 unspecified atom stereocenters. The lowest BCUT2D eigenvalue weighted by molar-refractivity contribution is -0.121. The fraction of sp³-hybridized carbons (Fsp3) is 0.207. The SMILES string of the molecule is CCCCCCc1ccc(C#Cc2ccnc(-c3cc(OC=O)cc(-c4cc(OC=O)ccn4)n3)c2)s1. The van der Waals surface area contributed by atoms with Gasteiger partial charge in [0.15, 0.2) is 0 Å². The predicted octanol–water partition coefficient (Wildman–Crippen LogP) is 5.86. The average molecular weight is 512 g/mol. The van der Waals surface area contributed by atoms with E-state index in [9.17, 15) is 9.59 Å². The molecule has 0 fully saturated rings. The van der Waals surface area contributed by atoms with Crippen molar-refractivity contribution in [1.82, 2.24) is 15.0 Å². The predicted molar refractivity (Wildman–Crippen MR) is 142 cm³/mol. The number of hydrogen-bond donors (Lipinski definition) is 0. The minimum atomic E-state index is 0.279. The Hall–Kier alpha value is -4.35. The van der Waals surface area contributed by atoms with Crippen LogP contribution in [-0.2, 0) is 16.0 Å². The van der Waals surface area contributed by atoms with Crippen molar-refractivity contribution in [2.24, 2.45) is 0 Å². The topological polar surface area (TPSA) is 91.3 Å². The molecule has 4 rings (SSSR count). The first kappa shape index (κ1) is 25.7. The van der Waals surface area contributed by atoms with Crippen molar-refractivity contribution in [1.29, 1.82) is 0 Å². The highest BCUT2D eigenvalue weighted by atomic mass is 32.1. The van der Waals surface area contributed by atoms with Gasteiger partial charge in [-0.3, -0.25) is 19.6 Å². The largest absolute Gasteiger partial charge is 0.429 e. The molecule has 0 spiro atoms. The number of unbranched alkanes of at least 4 members (excludes halogenated alkanes) is 3. The van der Waals surface area contributed by atoms with Crippen LogP contribution in [0.3, 0.4) is 0 Å². The van der Waals surface area contributed by atoms with E-state index in [0.717, 1.165) is 16.9 Å². The normalized spacial score (nSPS) is 10.3. The molecule has 0 amide bonds. The zero-order chi connectivity index (χ0) is 25.9.